The molecule has 84 valence electrons. The molecule has 1 rings (SSSR count). The molecule has 1 aromatic rings. The third-order valence-corrected chi connectivity index (χ3v) is 2.27. The van der Waals surface area contributed by atoms with Crippen LogP contribution < -0.4 is 5.14 Å². The lowest BCUT2D eigenvalue weighted by atomic mass is 10.2. The van der Waals surface area contributed by atoms with Crippen LogP contribution in [0.25, 0.3) is 0 Å². The third-order valence-electron chi connectivity index (χ3n) is 1.48. The predicted octanol–water partition coefficient (Wildman–Crippen LogP) is 0.511. The first-order valence-electron chi connectivity index (χ1n) is 3.44. The minimum atomic E-state index is -4.39. The van der Waals surface area contributed by atoms with E-state index in [1.165, 1.54) is 0 Å². The zero-order valence-electron chi connectivity index (χ0n) is 6.99. The van der Waals surface area contributed by atoms with Gasteiger partial charge in [0, 0.05) is 0 Å². The number of alkyl halides is 2. The maximum Gasteiger partial charge on any atom is 0.267 e. The molecule has 1 aromatic heterocycles. The average Bonchev–Trinajstić information content (AvgIpc) is 2.06. The molecule has 0 unspecified atom stereocenters. The highest BCUT2D eigenvalue weighted by Gasteiger charge is 2.22. The molecule has 0 aliphatic carbocycles. The van der Waals surface area contributed by atoms with Gasteiger partial charge in [0.2, 0.25) is 0 Å². The second kappa shape index (κ2) is 3.66. The number of pyridine rings is 1. The van der Waals surface area contributed by atoms with Crippen molar-refractivity contribution in [3.8, 4) is 5.75 Å². The largest absolute Gasteiger partial charge is 0.503 e. The molecule has 0 saturated heterocycles. The Morgan fingerprint density at radius 3 is 2.40 bits per heavy atom. The molecule has 5 nitrogen and oxygen atoms in total. The fraction of sp³-hybridized carbons (Fsp3) is 0.167. The van der Waals surface area contributed by atoms with Crippen molar-refractivity contribution in [3.63, 3.8) is 0 Å². The van der Waals surface area contributed by atoms with Crippen molar-refractivity contribution >= 4 is 10.0 Å². The summed E-state index contributed by atoms with van der Waals surface area (Å²) >= 11 is 0. The monoisotopic (exact) mass is 242 g/mol. The Bertz CT molecular complexity index is 489. The van der Waals surface area contributed by atoms with Gasteiger partial charge in [-0.05, 0) is 6.07 Å². The van der Waals surface area contributed by atoms with Crippen LogP contribution in [0.15, 0.2) is 11.1 Å². The van der Waals surface area contributed by atoms with Crippen LogP contribution in [0.3, 0.4) is 0 Å². The zero-order valence-corrected chi connectivity index (χ0v) is 7.80. The van der Waals surface area contributed by atoms with Crippen LogP contribution in [0.5, 0.6) is 5.75 Å². The number of halogens is 3. The van der Waals surface area contributed by atoms with Gasteiger partial charge in [-0.25, -0.2) is 27.3 Å². The number of rotatable bonds is 2. The number of aromatic hydroxyl groups is 1. The Morgan fingerprint density at radius 1 is 1.47 bits per heavy atom. The average molecular weight is 242 g/mol. The molecule has 0 aliphatic rings. The van der Waals surface area contributed by atoms with Crippen molar-refractivity contribution in [1.82, 2.24) is 4.98 Å². The Morgan fingerprint density at radius 2 is 2.00 bits per heavy atom. The molecule has 9 heteroatoms. The lowest BCUT2D eigenvalue weighted by Crippen LogP contribution is -2.15. The van der Waals surface area contributed by atoms with Crippen molar-refractivity contribution in [2.45, 2.75) is 11.5 Å². The van der Waals surface area contributed by atoms with Crippen LogP contribution in [0.1, 0.15) is 12.0 Å². The van der Waals surface area contributed by atoms with Gasteiger partial charge in [0.05, 0.1) is 5.56 Å². The SMILES string of the molecule is NS(=O)(=O)c1cc(C(F)F)c(O)c(F)n1. The quantitative estimate of drug-likeness (QED) is 0.739. The van der Waals surface area contributed by atoms with E-state index in [9.17, 15) is 21.6 Å². The first-order chi connectivity index (χ1) is 6.73. The van der Waals surface area contributed by atoms with Crippen LogP contribution in [-0.4, -0.2) is 18.5 Å². The highest BCUT2D eigenvalue weighted by Crippen LogP contribution is 2.30. The summed E-state index contributed by atoms with van der Waals surface area (Å²) in [5.74, 6) is -3.10. The molecule has 0 aliphatic heterocycles. The number of hydrogen-bond donors (Lipinski definition) is 2. The molecule has 3 N–H and O–H groups in total. The van der Waals surface area contributed by atoms with Crippen LogP contribution in [0, 0.1) is 5.95 Å². The summed E-state index contributed by atoms with van der Waals surface area (Å²) in [4.78, 5) is 2.72. The van der Waals surface area contributed by atoms with Crippen molar-refractivity contribution in [2.24, 2.45) is 5.14 Å². The smallest absolute Gasteiger partial charge is 0.267 e. The Labute approximate surface area is 82.4 Å². The van der Waals surface area contributed by atoms with E-state index in [2.05, 4.69) is 10.1 Å². The first kappa shape index (κ1) is 11.7. The Hall–Kier alpha value is -1.35. The number of nitrogens with two attached hydrogens (primary N) is 1. The van der Waals surface area contributed by atoms with Gasteiger partial charge in [-0.15, -0.1) is 0 Å². The highest BCUT2D eigenvalue weighted by molar-refractivity contribution is 7.89. The minimum absolute atomic E-state index is 0.318. The summed E-state index contributed by atoms with van der Waals surface area (Å²) in [6.07, 6.45) is -3.23. The summed E-state index contributed by atoms with van der Waals surface area (Å²) in [7, 11) is -4.39. The number of sulfonamides is 1. The lowest BCUT2D eigenvalue weighted by molar-refractivity contribution is 0.145. The van der Waals surface area contributed by atoms with Crippen LogP contribution in [0.4, 0.5) is 13.2 Å². The van der Waals surface area contributed by atoms with Gasteiger partial charge >= 0.3 is 0 Å². The van der Waals surface area contributed by atoms with Gasteiger partial charge in [-0.3, -0.25) is 0 Å². The van der Waals surface area contributed by atoms with Gasteiger partial charge in [0.25, 0.3) is 22.4 Å². The number of nitrogens with zero attached hydrogens (tertiary/aromatic N) is 1. The number of hydrogen-bond acceptors (Lipinski definition) is 4. The number of primary sulfonamides is 1. The summed E-state index contributed by atoms with van der Waals surface area (Å²) in [5.41, 5.74) is -1.17. The van der Waals surface area contributed by atoms with Gasteiger partial charge in [0.15, 0.2) is 10.8 Å². The second-order valence-electron chi connectivity index (χ2n) is 2.53. The maximum absolute atomic E-state index is 12.7. The first-order valence-corrected chi connectivity index (χ1v) is 4.98. The van der Waals surface area contributed by atoms with Gasteiger partial charge < -0.3 is 5.11 Å². The van der Waals surface area contributed by atoms with Crippen LogP contribution in [-0.2, 0) is 10.0 Å². The van der Waals surface area contributed by atoms with E-state index in [-0.39, 0.29) is 0 Å². The molecule has 0 atom stereocenters. The third kappa shape index (κ3) is 2.36. The molecule has 0 amide bonds. The molecule has 0 radical (unpaired) electrons. The van der Waals surface area contributed by atoms with E-state index >= 15 is 0 Å². The molecule has 0 spiro atoms. The minimum Gasteiger partial charge on any atom is -0.503 e. The zero-order chi connectivity index (χ0) is 11.8. The molecule has 0 saturated carbocycles. The van der Waals surface area contributed by atoms with Gasteiger partial charge in [-0.2, -0.15) is 4.39 Å². The van der Waals surface area contributed by atoms with Crippen LogP contribution in [0.2, 0.25) is 0 Å². The maximum atomic E-state index is 12.7. The predicted molar refractivity (Wildman–Crippen MR) is 42.2 cm³/mol. The Balaban J connectivity index is 3.50. The van der Waals surface area contributed by atoms with E-state index in [1.54, 1.807) is 0 Å². The van der Waals surface area contributed by atoms with E-state index < -0.39 is 38.7 Å². The fourth-order valence-electron chi connectivity index (χ4n) is 0.815. The lowest BCUT2D eigenvalue weighted by Gasteiger charge is -2.05. The molecule has 15 heavy (non-hydrogen) atoms. The van der Waals surface area contributed by atoms with E-state index in [4.69, 9.17) is 5.11 Å². The van der Waals surface area contributed by atoms with Crippen molar-refractivity contribution < 1.29 is 26.7 Å². The normalized spacial score (nSPS) is 12.1. The van der Waals surface area contributed by atoms with Gasteiger partial charge in [-0.1, -0.05) is 0 Å². The molecule has 1 heterocycles. The Kier molecular flexibility index (Phi) is 2.86. The molecule has 0 bridgehead atoms. The van der Waals surface area contributed by atoms with Crippen molar-refractivity contribution in [2.75, 3.05) is 0 Å². The standard InChI is InChI=1S/C6H5F3N2O3S/c7-5(8)2-1-3(15(10,13)14)11-6(9)4(2)12/h1,5,12H,(H2,10,13,14). The van der Waals surface area contributed by atoms with E-state index in [0.717, 1.165) is 0 Å². The molecule has 0 aromatic carbocycles. The summed E-state index contributed by atoms with van der Waals surface area (Å²) in [6, 6.07) is 0.318. The number of aromatic nitrogens is 1. The summed E-state index contributed by atoms with van der Waals surface area (Å²) in [5, 5.41) is 12.3. The highest BCUT2D eigenvalue weighted by atomic mass is 32.2. The summed E-state index contributed by atoms with van der Waals surface area (Å²) < 4.78 is 58.5. The van der Waals surface area contributed by atoms with E-state index in [0.29, 0.717) is 6.07 Å². The van der Waals surface area contributed by atoms with Crippen molar-refractivity contribution in [3.05, 3.63) is 17.6 Å². The second-order valence-corrected chi connectivity index (χ2v) is 4.04. The molecule has 0 fully saturated rings. The van der Waals surface area contributed by atoms with E-state index in [1.807, 2.05) is 0 Å². The van der Waals surface area contributed by atoms with Crippen LogP contribution >= 0.6 is 0 Å². The van der Waals surface area contributed by atoms with Crippen molar-refractivity contribution in [1.29, 1.82) is 0 Å². The molecular weight excluding hydrogens is 237 g/mol. The molecular formula is C6H5F3N2O3S. The fourth-order valence-corrected chi connectivity index (χ4v) is 1.31. The topological polar surface area (TPSA) is 93.3 Å². The summed E-state index contributed by atoms with van der Waals surface area (Å²) in [6.45, 7) is 0. The van der Waals surface area contributed by atoms with Gasteiger partial charge in [0.1, 0.15) is 0 Å².